The summed E-state index contributed by atoms with van der Waals surface area (Å²) < 4.78 is 43.7. The minimum absolute atomic E-state index is 0.0111. The summed E-state index contributed by atoms with van der Waals surface area (Å²) in [6.07, 6.45) is -1.07. The summed E-state index contributed by atoms with van der Waals surface area (Å²) in [5, 5.41) is 0. The number of nitrogens with zero attached hydrogens (tertiary/aromatic N) is 2. The summed E-state index contributed by atoms with van der Waals surface area (Å²) in [4.78, 5) is 19.9. The molecule has 4 rings (SSSR count). The molecule has 5 nitrogen and oxygen atoms in total. The molecule has 1 saturated heterocycles. The maximum atomic E-state index is 12.7. The zero-order valence-corrected chi connectivity index (χ0v) is 14.6. The van der Waals surface area contributed by atoms with Gasteiger partial charge in [-0.2, -0.15) is 13.2 Å². The molecule has 1 aliphatic carbocycles. The molecule has 2 atom stereocenters. The SMILES string of the molecule is O=c1ccnc(OCCCN2C[C@@H]3C[C@]3(c3ccc(C(F)(F)F)cc3)C2)[nH]1. The summed E-state index contributed by atoms with van der Waals surface area (Å²) in [5.41, 5.74) is 0.167. The van der Waals surface area contributed by atoms with E-state index in [0.717, 1.165) is 38.0 Å². The Balaban J connectivity index is 1.28. The third kappa shape index (κ3) is 3.71. The van der Waals surface area contributed by atoms with Crippen LogP contribution >= 0.6 is 0 Å². The maximum Gasteiger partial charge on any atom is 0.416 e. The minimum Gasteiger partial charge on any atom is -0.465 e. The molecule has 8 heteroatoms. The number of hydrogen-bond acceptors (Lipinski definition) is 4. The van der Waals surface area contributed by atoms with Crippen LogP contribution in [0.2, 0.25) is 0 Å². The number of piperidine rings is 1. The average molecular weight is 379 g/mol. The number of aromatic amines is 1. The van der Waals surface area contributed by atoms with Crippen molar-refractivity contribution >= 4 is 0 Å². The third-order valence-electron chi connectivity index (χ3n) is 5.51. The molecule has 2 aliphatic rings. The van der Waals surface area contributed by atoms with Crippen molar-refractivity contribution in [3.05, 3.63) is 58.0 Å². The fourth-order valence-corrected chi connectivity index (χ4v) is 4.08. The predicted octanol–water partition coefficient (Wildman–Crippen LogP) is 2.83. The van der Waals surface area contributed by atoms with Gasteiger partial charge in [-0.3, -0.25) is 9.78 Å². The molecule has 27 heavy (non-hydrogen) atoms. The zero-order chi connectivity index (χ0) is 19.1. The van der Waals surface area contributed by atoms with Gasteiger partial charge in [0, 0.05) is 37.3 Å². The van der Waals surface area contributed by atoms with Crippen molar-refractivity contribution in [3.8, 4) is 6.01 Å². The van der Waals surface area contributed by atoms with Crippen LogP contribution in [0.3, 0.4) is 0 Å². The summed E-state index contributed by atoms with van der Waals surface area (Å²) in [5.74, 6) is 0.516. The quantitative estimate of drug-likeness (QED) is 0.785. The standard InChI is InChI=1S/C19H20F3N3O2/c20-19(21,22)14-4-2-13(3-5-14)18-10-15(18)11-25(12-18)8-1-9-27-17-23-7-6-16(26)24-17/h2-7,15H,1,8-12H2,(H,23,24,26)/t15-,18+/m0/s1. The molecule has 2 aromatic rings. The number of rotatable bonds is 6. The molecule has 2 fully saturated rings. The number of fused-ring (bicyclic) bond motifs is 1. The van der Waals surface area contributed by atoms with Crippen LogP contribution in [0.4, 0.5) is 13.2 Å². The van der Waals surface area contributed by atoms with Crippen molar-refractivity contribution in [2.75, 3.05) is 26.2 Å². The summed E-state index contributed by atoms with van der Waals surface area (Å²) in [6.45, 7) is 3.11. The van der Waals surface area contributed by atoms with Crippen LogP contribution in [0, 0.1) is 5.92 Å². The van der Waals surface area contributed by atoms with E-state index < -0.39 is 11.7 Å². The second-order valence-corrected chi connectivity index (χ2v) is 7.31. The van der Waals surface area contributed by atoms with Gasteiger partial charge in [0.05, 0.1) is 12.2 Å². The van der Waals surface area contributed by atoms with E-state index in [9.17, 15) is 18.0 Å². The number of nitrogens with one attached hydrogen (secondary N) is 1. The van der Waals surface area contributed by atoms with Crippen molar-refractivity contribution in [1.82, 2.24) is 14.9 Å². The number of aromatic nitrogens is 2. The fraction of sp³-hybridized carbons (Fsp3) is 0.474. The fourth-order valence-electron chi connectivity index (χ4n) is 4.08. The van der Waals surface area contributed by atoms with Crippen molar-refractivity contribution in [1.29, 1.82) is 0 Å². The first kappa shape index (κ1) is 18.0. The smallest absolute Gasteiger partial charge is 0.416 e. The first-order valence-electron chi connectivity index (χ1n) is 8.95. The van der Waals surface area contributed by atoms with Crippen LogP contribution in [0.25, 0.3) is 0 Å². The van der Waals surface area contributed by atoms with Gasteiger partial charge in [-0.05, 0) is 36.5 Å². The Morgan fingerprint density at radius 1 is 1.26 bits per heavy atom. The first-order valence-corrected chi connectivity index (χ1v) is 8.95. The molecule has 0 spiro atoms. The molecular weight excluding hydrogens is 359 g/mol. The molecule has 2 heterocycles. The highest BCUT2D eigenvalue weighted by Gasteiger charge is 2.60. The average Bonchev–Trinajstić information content (AvgIpc) is 3.20. The lowest BCUT2D eigenvalue weighted by Gasteiger charge is -2.21. The number of alkyl halides is 3. The lowest BCUT2D eigenvalue weighted by molar-refractivity contribution is -0.137. The Morgan fingerprint density at radius 3 is 2.74 bits per heavy atom. The van der Waals surface area contributed by atoms with Crippen molar-refractivity contribution < 1.29 is 17.9 Å². The number of H-pyrrole nitrogens is 1. The van der Waals surface area contributed by atoms with Gasteiger partial charge in [-0.25, -0.2) is 4.98 Å². The topological polar surface area (TPSA) is 58.2 Å². The van der Waals surface area contributed by atoms with Gasteiger partial charge >= 0.3 is 6.18 Å². The molecule has 1 aromatic carbocycles. The highest BCUT2D eigenvalue weighted by molar-refractivity contribution is 5.39. The third-order valence-corrected chi connectivity index (χ3v) is 5.51. The first-order chi connectivity index (χ1) is 12.9. The second kappa shape index (κ2) is 6.67. The van der Waals surface area contributed by atoms with E-state index in [1.54, 1.807) is 12.1 Å². The van der Waals surface area contributed by atoms with E-state index >= 15 is 0 Å². The zero-order valence-electron chi connectivity index (χ0n) is 14.6. The van der Waals surface area contributed by atoms with Gasteiger partial charge in [-0.15, -0.1) is 0 Å². The molecule has 0 radical (unpaired) electrons. The Labute approximate surface area is 154 Å². The van der Waals surface area contributed by atoms with E-state index in [-0.39, 0.29) is 17.0 Å². The Kier molecular flexibility index (Phi) is 4.46. The number of hydrogen-bond donors (Lipinski definition) is 1. The minimum atomic E-state index is -4.29. The molecule has 144 valence electrons. The van der Waals surface area contributed by atoms with Crippen LogP contribution in [0.15, 0.2) is 41.3 Å². The normalized spacial score (nSPS) is 24.6. The van der Waals surface area contributed by atoms with Crippen molar-refractivity contribution in [2.24, 2.45) is 5.92 Å². The van der Waals surface area contributed by atoms with Gasteiger partial charge in [0.15, 0.2) is 0 Å². The Morgan fingerprint density at radius 2 is 2.04 bits per heavy atom. The van der Waals surface area contributed by atoms with Gasteiger partial charge in [0.25, 0.3) is 11.6 Å². The van der Waals surface area contributed by atoms with Crippen LogP contribution < -0.4 is 10.3 Å². The number of halogens is 3. The molecular formula is C19H20F3N3O2. The lowest BCUT2D eigenvalue weighted by Crippen LogP contribution is -2.28. The second-order valence-electron chi connectivity index (χ2n) is 7.31. The van der Waals surface area contributed by atoms with E-state index in [1.807, 2.05) is 0 Å². The molecule has 1 aromatic heterocycles. The molecule has 1 aliphatic heterocycles. The van der Waals surface area contributed by atoms with E-state index in [4.69, 9.17) is 4.74 Å². The molecule has 1 saturated carbocycles. The molecule has 0 unspecified atom stereocenters. The Hall–Kier alpha value is -2.35. The number of ether oxygens (including phenoxy) is 1. The highest BCUT2D eigenvalue weighted by atomic mass is 19.4. The number of benzene rings is 1. The Bertz CT molecular complexity index is 865. The van der Waals surface area contributed by atoms with Crippen molar-refractivity contribution in [3.63, 3.8) is 0 Å². The van der Waals surface area contributed by atoms with E-state index in [0.29, 0.717) is 12.5 Å². The maximum absolute atomic E-state index is 12.7. The summed E-state index contributed by atoms with van der Waals surface area (Å²) in [6, 6.07) is 7.17. The molecule has 1 N–H and O–H groups in total. The van der Waals surface area contributed by atoms with Crippen LogP contribution in [0.5, 0.6) is 6.01 Å². The monoisotopic (exact) mass is 379 g/mol. The highest BCUT2D eigenvalue weighted by Crippen LogP contribution is 2.59. The largest absolute Gasteiger partial charge is 0.465 e. The van der Waals surface area contributed by atoms with Crippen LogP contribution in [-0.4, -0.2) is 41.1 Å². The molecule has 0 amide bonds. The number of likely N-dealkylation sites (tertiary alicyclic amines) is 1. The van der Waals surface area contributed by atoms with Gasteiger partial charge < -0.3 is 9.64 Å². The predicted molar refractivity (Wildman–Crippen MR) is 92.6 cm³/mol. The van der Waals surface area contributed by atoms with Gasteiger partial charge in [0.1, 0.15) is 0 Å². The van der Waals surface area contributed by atoms with Gasteiger partial charge in [0.2, 0.25) is 0 Å². The molecule has 0 bridgehead atoms. The summed E-state index contributed by atoms with van der Waals surface area (Å²) >= 11 is 0. The van der Waals surface area contributed by atoms with Crippen LogP contribution in [0.1, 0.15) is 24.0 Å². The van der Waals surface area contributed by atoms with Gasteiger partial charge in [-0.1, -0.05) is 12.1 Å². The lowest BCUT2D eigenvalue weighted by atomic mass is 9.94. The van der Waals surface area contributed by atoms with Crippen molar-refractivity contribution in [2.45, 2.75) is 24.4 Å². The van der Waals surface area contributed by atoms with E-state index in [2.05, 4.69) is 14.9 Å². The van der Waals surface area contributed by atoms with E-state index in [1.165, 1.54) is 24.4 Å². The van der Waals surface area contributed by atoms with Crippen LogP contribution in [-0.2, 0) is 11.6 Å². The summed E-state index contributed by atoms with van der Waals surface area (Å²) in [7, 11) is 0.